The number of carbonyl (C=O) groups excluding carboxylic acids is 1. The number of nitrogens with zero attached hydrogens (tertiary/aromatic N) is 1. The van der Waals surface area contributed by atoms with Crippen LogP contribution < -0.4 is 5.56 Å². The molecule has 0 radical (unpaired) electrons. The average molecular weight is 313 g/mol. The van der Waals surface area contributed by atoms with Crippen molar-refractivity contribution in [1.82, 2.24) is 4.57 Å². The number of pyridine rings is 1. The number of furan rings is 1. The molecule has 3 aromatic rings. The number of hydrogen-bond acceptors (Lipinski definition) is 4. The molecule has 0 spiro atoms. The highest BCUT2D eigenvalue weighted by Gasteiger charge is 2.25. The fraction of sp³-hybridized carbons (Fsp3) is 0.333. The van der Waals surface area contributed by atoms with Gasteiger partial charge in [-0.15, -0.1) is 0 Å². The van der Waals surface area contributed by atoms with Crippen LogP contribution in [0.4, 0.5) is 0 Å². The molecule has 120 valence electrons. The van der Waals surface area contributed by atoms with Crippen LogP contribution in [0.15, 0.2) is 33.5 Å². The minimum absolute atomic E-state index is 0.0162. The van der Waals surface area contributed by atoms with E-state index in [1.165, 1.54) is 4.57 Å². The molecule has 0 aliphatic carbocycles. The fourth-order valence-electron chi connectivity index (χ4n) is 2.97. The van der Waals surface area contributed by atoms with E-state index in [-0.39, 0.29) is 27.9 Å². The van der Waals surface area contributed by atoms with Crippen molar-refractivity contribution >= 4 is 27.7 Å². The molecule has 2 heterocycles. The lowest BCUT2D eigenvalue weighted by Gasteiger charge is -2.05. The topological polar surface area (TPSA) is 72.4 Å². The third-order valence-electron chi connectivity index (χ3n) is 4.20. The highest BCUT2D eigenvalue weighted by Crippen LogP contribution is 2.34. The van der Waals surface area contributed by atoms with Crippen LogP contribution in [0.2, 0.25) is 0 Å². The van der Waals surface area contributed by atoms with Crippen molar-refractivity contribution in [2.24, 2.45) is 7.05 Å². The first-order valence-electron chi connectivity index (χ1n) is 7.82. The molecule has 3 rings (SSSR count). The van der Waals surface area contributed by atoms with Gasteiger partial charge in [-0.3, -0.25) is 9.59 Å². The van der Waals surface area contributed by atoms with Crippen LogP contribution in [-0.4, -0.2) is 15.5 Å². The highest BCUT2D eigenvalue weighted by molar-refractivity contribution is 6.14. The predicted octanol–water partition coefficient (Wildman–Crippen LogP) is 3.75. The van der Waals surface area contributed by atoms with Gasteiger partial charge in [0.1, 0.15) is 10.9 Å². The van der Waals surface area contributed by atoms with Crippen LogP contribution in [0.5, 0.6) is 5.95 Å². The Hall–Kier alpha value is -2.56. The summed E-state index contributed by atoms with van der Waals surface area (Å²) in [5, 5.41) is 11.0. The molecule has 0 atom stereocenters. The summed E-state index contributed by atoms with van der Waals surface area (Å²) in [6, 6.07) is 7.27. The molecular weight excluding hydrogens is 294 g/mol. The zero-order valence-corrected chi connectivity index (χ0v) is 13.3. The molecule has 1 aromatic carbocycles. The zero-order valence-electron chi connectivity index (χ0n) is 13.3. The molecule has 0 unspecified atom stereocenters. The minimum atomic E-state index is -0.463. The first-order valence-corrected chi connectivity index (χ1v) is 7.82. The Balaban J connectivity index is 2.26. The summed E-state index contributed by atoms with van der Waals surface area (Å²) in [6.45, 7) is 2.05. The van der Waals surface area contributed by atoms with Crippen LogP contribution in [0.1, 0.15) is 43.0 Å². The van der Waals surface area contributed by atoms with E-state index in [4.69, 9.17) is 4.42 Å². The van der Waals surface area contributed by atoms with Gasteiger partial charge in [-0.05, 0) is 18.6 Å². The number of rotatable bonds is 5. The number of aromatic nitrogens is 1. The summed E-state index contributed by atoms with van der Waals surface area (Å²) in [7, 11) is 1.65. The van der Waals surface area contributed by atoms with E-state index in [0.717, 1.165) is 19.3 Å². The van der Waals surface area contributed by atoms with Gasteiger partial charge in [0.25, 0.3) is 11.5 Å². The van der Waals surface area contributed by atoms with Gasteiger partial charge in [-0.2, -0.15) is 0 Å². The van der Waals surface area contributed by atoms with Crippen molar-refractivity contribution < 1.29 is 14.3 Å². The summed E-state index contributed by atoms with van der Waals surface area (Å²) < 4.78 is 6.88. The van der Waals surface area contributed by atoms with E-state index in [0.29, 0.717) is 17.3 Å². The van der Waals surface area contributed by atoms with Gasteiger partial charge in [0.15, 0.2) is 11.4 Å². The Bertz CT molecular complexity index is 949. The number of para-hydroxylation sites is 1. The first-order chi connectivity index (χ1) is 11.1. The number of fused-ring (bicyclic) bond motifs is 3. The molecule has 0 fully saturated rings. The summed E-state index contributed by atoms with van der Waals surface area (Å²) in [6.07, 6.45) is 2.96. The quantitative estimate of drug-likeness (QED) is 0.575. The van der Waals surface area contributed by atoms with Crippen molar-refractivity contribution in [3.05, 3.63) is 40.2 Å². The van der Waals surface area contributed by atoms with Crippen molar-refractivity contribution in [1.29, 1.82) is 0 Å². The Morgan fingerprint density at radius 1 is 1.26 bits per heavy atom. The van der Waals surface area contributed by atoms with Gasteiger partial charge < -0.3 is 14.1 Å². The van der Waals surface area contributed by atoms with E-state index in [1.54, 1.807) is 13.1 Å². The third kappa shape index (κ3) is 2.42. The maximum absolute atomic E-state index is 12.7. The minimum Gasteiger partial charge on any atom is -0.480 e. The van der Waals surface area contributed by atoms with Gasteiger partial charge in [-0.25, -0.2) is 0 Å². The van der Waals surface area contributed by atoms with Crippen LogP contribution >= 0.6 is 0 Å². The van der Waals surface area contributed by atoms with Gasteiger partial charge in [0, 0.05) is 18.9 Å². The number of aromatic hydroxyl groups is 1. The van der Waals surface area contributed by atoms with E-state index in [1.807, 2.05) is 18.2 Å². The third-order valence-corrected chi connectivity index (χ3v) is 4.20. The molecule has 2 aromatic heterocycles. The molecule has 23 heavy (non-hydrogen) atoms. The number of ketones is 1. The second-order valence-electron chi connectivity index (χ2n) is 5.75. The van der Waals surface area contributed by atoms with E-state index >= 15 is 0 Å². The lowest BCUT2D eigenvalue weighted by molar-refractivity contribution is 0.0976. The molecule has 0 aliphatic rings. The molecular formula is C18H19NO4. The second kappa shape index (κ2) is 5.91. The van der Waals surface area contributed by atoms with Gasteiger partial charge in [0.2, 0.25) is 0 Å². The summed E-state index contributed by atoms with van der Waals surface area (Å²) in [5.41, 5.74) is 0.660. The Morgan fingerprint density at radius 2 is 2.00 bits per heavy atom. The maximum Gasteiger partial charge on any atom is 0.294 e. The number of carbonyl (C=O) groups is 1. The molecule has 5 nitrogen and oxygen atoms in total. The zero-order chi connectivity index (χ0) is 16.6. The van der Waals surface area contributed by atoms with Crippen LogP contribution in [0.3, 0.4) is 0 Å². The lowest BCUT2D eigenvalue weighted by Crippen LogP contribution is -2.18. The fourth-order valence-corrected chi connectivity index (χ4v) is 2.97. The van der Waals surface area contributed by atoms with Crippen molar-refractivity contribution in [3.8, 4) is 5.95 Å². The first kappa shape index (κ1) is 15.3. The van der Waals surface area contributed by atoms with E-state index in [2.05, 4.69) is 6.92 Å². The molecule has 0 saturated heterocycles. The van der Waals surface area contributed by atoms with Crippen molar-refractivity contribution in [3.63, 3.8) is 0 Å². The number of benzene rings is 1. The standard InChI is InChI=1S/C18H19NO4/c1-3-4-5-10-13(20)14-15-16(23-18(14)22)11-8-6-7-9-12(11)19(2)17(15)21/h6-9,22H,3-5,10H2,1-2H3. The molecule has 0 aliphatic heterocycles. The SMILES string of the molecule is CCCCCC(=O)c1c(O)oc2c1c(=O)n(C)c1ccccc21. The number of Topliss-reactive ketones (excluding diaryl/α,β-unsaturated/α-hetero) is 1. The Morgan fingerprint density at radius 3 is 2.74 bits per heavy atom. The number of unbranched alkanes of at least 4 members (excludes halogenated alkanes) is 2. The predicted molar refractivity (Wildman–Crippen MR) is 89.1 cm³/mol. The summed E-state index contributed by atoms with van der Waals surface area (Å²) in [4.78, 5) is 25.1. The largest absolute Gasteiger partial charge is 0.480 e. The van der Waals surface area contributed by atoms with Crippen LogP contribution in [0, 0.1) is 0 Å². The number of aryl methyl sites for hydroxylation is 1. The second-order valence-corrected chi connectivity index (χ2v) is 5.75. The monoisotopic (exact) mass is 313 g/mol. The van der Waals surface area contributed by atoms with Gasteiger partial charge >= 0.3 is 0 Å². The summed E-state index contributed by atoms with van der Waals surface area (Å²) >= 11 is 0. The van der Waals surface area contributed by atoms with Crippen molar-refractivity contribution in [2.45, 2.75) is 32.6 Å². The van der Waals surface area contributed by atoms with E-state index < -0.39 is 5.95 Å². The summed E-state index contributed by atoms with van der Waals surface area (Å²) in [5.74, 6) is -0.711. The normalized spacial score (nSPS) is 11.4. The molecule has 1 N–H and O–H groups in total. The molecule has 0 bridgehead atoms. The highest BCUT2D eigenvalue weighted by atomic mass is 16.5. The maximum atomic E-state index is 12.7. The number of hydrogen-bond donors (Lipinski definition) is 1. The Kier molecular flexibility index (Phi) is 3.94. The molecule has 0 saturated carbocycles. The molecule has 0 amide bonds. The lowest BCUT2D eigenvalue weighted by atomic mass is 10.0. The van der Waals surface area contributed by atoms with Crippen molar-refractivity contribution in [2.75, 3.05) is 0 Å². The molecule has 5 heteroatoms. The smallest absolute Gasteiger partial charge is 0.294 e. The van der Waals surface area contributed by atoms with Crippen LogP contribution in [0.25, 0.3) is 21.9 Å². The average Bonchev–Trinajstić information content (AvgIpc) is 2.90. The van der Waals surface area contributed by atoms with Crippen LogP contribution in [-0.2, 0) is 7.05 Å². The van der Waals surface area contributed by atoms with E-state index in [9.17, 15) is 14.7 Å². The Labute approximate surface area is 133 Å². The van der Waals surface area contributed by atoms with Gasteiger partial charge in [-0.1, -0.05) is 31.9 Å². The van der Waals surface area contributed by atoms with Gasteiger partial charge in [0.05, 0.1) is 5.52 Å².